The minimum Gasteiger partial charge on any atom is -0.482 e. The Morgan fingerprint density at radius 2 is 2.45 bits per heavy atom. The lowest BCUT2D eigenvalue weighted by atomic mass is 10.2. The molecule has 0 amide bonds. The fourth-order valence-electron chi connectivity index (χ4n) is 0.832. The molecular weight excluding hydrogens is 140 g/mol. The summed E-state index contributed by atoms with van der Waals surface area (Å²) in [4.78, 5) is 3.00. The Balaban J connectivity index is 2.79. The summed E-state index contributed by atoms with van der Waals surface area (Å²) >= 11 is 0. The van der Waals surface area contributed by atoms with E-state index in [4.69, 9.17) is 10.5 Å². The molecule has 0 radical (unpaired) electrons. The average molecular weight is 152 g/mol. The molecule has 0 aliphatic heterocycles. The molecule has 1 aromatic heterocycles. The number of methoxy groups -OCH3 is 1. The van der Waals surface area contributed by atoms with Crippen LogP contribution in [-0.2, 0) is 0 Å². The minimum atomic E-state index is -0.140. The van der Waals surface area contributed by atoms with Crippen molar-refractivity contribution in [2.24, 2.45) is 5.73 Å². The normalized spacial score (nSPS) is 12.5. The topological polar surface area (TPSA) is 51.0 Å². The molecule has 0 aromatic carbocycles. The highest BCUT2D eigenvalue weighted by Gasteiger charge is 2.03. The maximum absolute atomic E-state index is 5.66. The summed E-state index contributed by atoms with van der Waals surface area (Å²) in [5.41, 5.74) is 6.57. The summed E-state index contributed by atoms with van der Waals surface area (Å²) in [7, 11) is 1.61. The molecule has 1 aromatic rings. The number of H-pyrrole nitrogens is 1. The molecular formula is C8H12N2O. The second-order valence-electron chi connectivity index (χ2n) is 2.24. The van der Waals surface area contributed by atoms with E-state index in [-0.39, 0.29) is 6.04 Å². The van der Waals surface area contributed by atoms with Crippen molar-refractivity contribution in [2.45, 2.75) is 6.04 Å². The van der Waals surface area contributed by atoms with Crippen LogP contribution in [0.1, 0.15) is 11.7 Å². The summed E-state index contributed by atoms with van der Waals surface area (Å²) in [6.45, 7) is 3.59. The van der Waals surface area contributed by atoms with Gasteiger partial charge in [0.05, 0.1) is 13.2 Å². The molecule has 60 valence electrons. The van der Waals surface area contributed by atoms with E-state index in [2.05, 4.69) is 11.6 Å². The van der Waals surface area contributed by atoms with Gasteiger partial charge in [0.15, 0.2) is 5.88 Å². The largest absolute Gasteiger partial charge is 0.482 e. The summed E-state index contributed by atoms with van der Waals surface area (Å²) < 4.78 is 4.94. The van der Waals surface area contributed by atoms with Crippen LogP contribution in [0.25, 0.3) is 0 Å². The van der Waals surface area contributed by atoms with Crippen LogP contribution in [0.5, 0.6) is 5.88 Å². The van der Waals surface area contributed by atoms with Crippen LogP contribution in [0.3, 0.4) is 0 Å². The van der Waals surface area contributed by atoms with Crippen LogP contribution >= 0.6 is 0 Å². The first-order valence-corrected chi connectivity index (χ1v) is 3.39. The third-order valence-corrected chi connectivity index (χ3v) is 1.51. The average Bonchev–Trinajstić information content (AvgIpc) is 2.50. The number of nitrogens with two attached hydrogens (primary N) is 1. The van der Waals surface area contributed by atoms with Crippen molar-refractivity contribution in [2.75, 3.05) is 7.11 Å². The molecule has 1 rings (SSSR count). The van der Waals surface area contributed by atoms with Crippen molar-refractivity contribution < 1.29 is 4.74 Å². The van der Waals surface area contributed by atoms with Gasteiger partial charge < -0.3 is 15.5 Å². The molecule has 0 saturated heterocycles. The van der Waals surface area contributed by atoms with E-state index in [9.17, 15) is 0 Å². The van der Waals surface area contributed by atoms with Gasteiger partial charge in [0.2, 0.25) is 0 Å². The quantitative estimate of drug-likeness (QED) is 0.639. The Labute approximate surface area is 65.9 Å². The first-order valence-electron chi connectivity index (χ1n) is 3.39. The van der Waals surface area contributed by atoms with Crippen LogP contribution in [0.4, 0.5) is 0 Å². The predicted molar refractivity (Wildman–Crippen MR) is 44.5 cm³/mol. The van der Waals surface area contributed by atoms with Crippen LogP contribution in [-0.4, -0.2) is 12.1 Å². The smallest absolute Gasteiger partial charge is 0.190 e. The third-order valence-electron chi connectivity index (χ3n) is 1.51. The second kappa shape index (κ2) is 3.25. The number of ether oxygens (including phenoxy) is 1. The Morgan fingerprint density at radius 3 is 2.91 bits per heavy atom. The van der Waals surface area contributed by atoms with Crippen molar-refractivity contribution >= 4 is 0 Å². The van der Waals surface area contributed by atoms with Crippen LogP contribution in [0.2, 0.25) is 0 Å². The molecule has 1 heterocycles. The van der Waals surface area contributed by atoms with E-state index in [0.29, 0.717) is 0 Å². The first kappa shape index (κ1) is 7.88. The van der Waals surface area contributed by atoms with E-state index in [1.165, 1.54) is 0 Å². The highest BCUT2D eigenvalue weighted by atomic mass is 16.5. The summed E-state index contributed by atoms with van der Waals surface area (Å²) in [6.07, 6.45) is 1.67. The molecule has 3 N–H and O–H groups in total. The summed E-state index contributed by atoms with van der Waals surface area (Å²) in [5, 5.41) is 0. The SMILES string of the molecule is C=CC(N)c1ccc(OC)[nH]1. The molecule has 0 bridgehead atoms. The van der Waals surface area contributed by atoms with Crippen LogP contribution < -0.4 is 10.5 Å². The highest BCUT2D eigenvalue weighted by molar-refractivity contribution is 5.22. The molecule has 11 heavy (non-hydrogen) atoms. The Bertz CT molecular complexity index is 242. The zero-order chi connectivity index (χ0) is 8.27. The standard InChI is InChI=1S/C8H12N2O/c1-3-6(9)7-4-5-8(10-7)11-2/h3-6,10H,1,9H2,2H3. The number of rotatable bonds is 3. The molecule has 0 aliphatic rings. The van der Waals surface area contributed by atoms with Gasteiger partial charge in [0.25, 0.3) is 0 Å². The predicted octanol–water partition coefficient (Wildman–Crippen LogP) is 1.21. The summed E-state index contributed by atoms with van der Waals surface area (Å²) in [5.74, 6) is 0.720. The lowest BCUT2D eigenvalue weighted by molar-refractivity contribution is 0.399. The fourth-order valence-corrected chi connectivity index (χ4v) is 0.832. The number of nitrogens with one attached hydrogen (secondary N) is 1. The molecule has 0 fully saturated rings. The van der Waals surface area contributed by atoms with Gasteiger partial charge in [-0.15, -0.1) is 6.58 Å². The van der Waals surface area contributed by atoms with Gasteiger partial charge in [-0.3, -0.25) is 0 Å². The van der Waals surface area contributed by atoms with Crippen molar-refractivity contribution in [1.29, 1.82) is 0 Å². The van der Waals surface area contributed by atoms with E-state index >= 15 is 0 Å². The molecule has 0 spiro atoms. The van der Waals surface area contributed by atoms with Crippen LogP contribution in [0.15, 0.2) is 24.8 Å². The van der Waals surface area contributed by atoms with E-state index in [1.54, 1.807) is 13.2 Å². The molecule has 1 unspecified atom stereocenters. The van der Waals surface area contributed by atoms with E-state index in [1.807, 2.05) is 12.1 Å². The van der Waals surface area contributed by atoms with Crippen molar-refractivity contribution in [1.82, 2.24) is 4.98 Å². The molecule has 0 saturated carbocycles. The van der Waals surface area contributed by atoms with Gasteiger partial charge in [-0.2, -0.15) is 0 Å². The minimum absolute atomic E-state index is 0.140. The van der Waals surface area contributed by atoms with Gasteiger partial charge in [0.1, 0.15) is 0 Å². The maximum Gasteiger partial charge on any atom is 0.190 e. The van der Waals surface area contributed by atoms with E-state index in [0.717, 1.165) is 11.6 Å². The third kappa shape index (κ3) is 1.62. The second-order valence-corrected chi connectivity index (χ2v) is 2.24. The first-order chi connectivity index (χ1) is 5.27. The monoisotopic (exact) mass is 152 g/mol. The Morgan fingerprint density at radius 1 is 1.73 bits per heavy atom. The number of hydrogen-bond donors (Lipinski definition) is 2. The fraction of sp³-hybridized carbons (Fsp3) is 0.250. The lowest BCUT2D eigenvalue weighted by Gasteiger charge is -2.01. The number of aromatic nitrogens is 1. The number of aromatic amines is 1. The summed E-state index contributed by atoms with van der Waals surface area (Å²) in [6, 6.07) is 3.57. The van der Waals surface area contributed by atoms with Crippen LogP contribution in [0, 0.1) is 0 Å². The van der Waals surface area contributed by atoms with Crippen molar-refractivity contribution in [3.63, 3.8) is 0 Å². The van der Waals surface area contributed by atoms with Gasteiger partial charge in [-0.25, -0.2) is 0 Å². The van der Waals surface area contributed by atoms with Gasteiger partial charge in [0, 0.05) is 5.69 Å². The van der Waals surface area contributed by atoms with E-state index < -0.39 is 0 Å². The lowest BCUT2D eigenvalue weighted by Crippen LogP contribution is -2.06. The zero-order valence-electron chi connectivity index (χ0n) is 6.50. The number of hydrogen-bond acceptors (Lipinski definition) is 2. The Kier molecular flexibility index (Phi) is 2.33. The van der Waals surface area contributed by atoms with Gasteiger partial charge in [-0.1, -0.05) is 6.08 Å². The maximum atomic E-state index is 5.66. The molecule has 3 nitrogen and oxygen atoms in total. The molecule has 1 atom stereocenters. The van der Waals surface area contributed by atoms with Gasteiger partial charge in [-0.05, 0) is 12.1 Å². The molecule has 0 aliphatic carbocycles. The van der Waals surface area contributed by atoms with Crippen molar-refractivity contribution in [3.8, 4) is 5.88 Å². The zero-order valence-corrected chi connectivity index (χ0v) is 6.50. The van der Waals surface area contributed by atoms with Crippen molar-refractivity contribution in [3.05, 3.63) is 30.5 Å². The van der Waals surface area contributed by atoms with Gasteiger partial charge >= 0.3 is 0 Å². The molecule has 3 heteroatoms. The Hall–Kier alpha value is -1.22. The highest BCUT2D eigenvalue weighted by Crippen LogP contribution is 2.14.